The fraction of sp³-hybridized carbons (Fsp3) is 0.357. The Morgan fingerprint density at radius 2 is 2.06 bits per heavy atom. The summed E-state index contributed by atoms with van der Waals surface area (Å²) in [6.45, 7) is 2.35. The van der Waals surface area contributed by atoms with Gasteiger partial charge in [-0.3, -0.25) is 0 Å². The second-order valence-corrected chi connectivity index (χ2v) is 5.10. The first kappa shape index (κ1) is 12.3. The number of thiazole rings is 1. The molecule has 0 aliphatic rings. The Hall–Kier alpha value is -1.19. The summed E-state index contributed by atoms with van der Waals surface area (Å²) in [5.74, 6) is 0.338. The van der Waals surface area contributed by atoms with Crippen LogP contribution < -0.4 is 0 Å². The smallest absolute Gasteiger partial charge is 0.0936 e. The van der Waals surface area contributed by atoms with Crippen LogP contribution in [0.15, 0.2) is 35.7 Å². The molecule has 0 bridgehead atoms. The van der Waals surface area contributed by atoms with E-state index in [0.717, 1.165) is 29.1 Å². The summed E-state index contributed by atoms with van der Waals surface area (Å²) in [5, 5.41) is 12.4. The molecular weight excluding hydrogens is 230 g/mol. The highest BCUT2D eigenvalue weighted by Gasteiger charge is 2.10. The molecule has 1 N–H and O–H groups in total. The van der Waals surface area contributed by atoms with Gasteiger partial charge >= 0.3 is 0 Å². The number of benzene rings is 1. The predicted molar refractivity (Wildman–Crippen MR) is 72.1 cm³/mol. The fourth-order valence-corrected chi connectivity index (χ4v) is 2.65. The van der Waals surface area contributed by atoms with Crippen LogP contribution in [0.3, 0.4) is 0 Å². The zero-order valence-corrected chi connectivity index (χ0v) is 10.8. The summed E-state index contributed by atoms with van der Waals surface area (Å²) in [6, 6.07) is 10.2. The Labute approximate surface area is 106 Å². The van der Waals surface area contributed by atoms with Gasteiger partial charge in [-0.15, -0.1) is 11.3 Å². The third-order valence-electron chi connectivity index (χ3n) is 2.92. The second-order valence-electron chi connectivity index (χ2n) is 4.15. The molecule has 0 saturated heterocycles. The van der Waals surface area contributed by atoms with Crippen molar-refractivity contribution in [3.05, 3.63) is 40.7 Å². The summed E-state index contributed by atoms with van der Waals surface area (Å²) < 4.78 is 0. The lowest BCUT2D eigenvalue weighted by molar-refractivity contribution is 0.222. The van der Waals surface area contributed by atoms with E-state index in [9.17, 15) is 5.11 Å². The Morgan fingerprint density at radius 3 is 2.71 bits per heavy atom. The molecule has 3 heteroatoms. The van der Waals surface area contributed by atoms with Crippen LogP contribution in [-0.2, 0) is 6.42 Å². The van der Waals surface area contributed by atoms with Crippen molar-refractivity contribution in [3.63, 3.8) is 0 Å². The first-order valence-corrected chi connectivity index (χ1v) is 6.82. The minimum absolute atomic E-state index is 0.247. The largest absolute Gasteiger partial charge is 0.396 e. The highest BCUT2D eigenvalue weighted by atomic mass is 32.1. The van der Waals surface area contributed by atoms with E-state index < -0.39 is 0 Å². The molecule has 0 amide bonds. The molecule has 0 spiro atoms. The van der Waals surface area contributed by atoms with E-state index in [-0.39, 0.29) is 6.61 Å². The topological polar surface area (TPSA) is 33.1 Å². The van der Waals surface area contributed by atoms with Gasteiger partial charge in [0.15, 0.2) is 0 Å². The molecule has 1 aromatic heterocycles. The Kier molecular flexibility index (Phi) is 4.29. The maximum atomic E-state index is 9.19. The van der Waals surface area contributed by atoms with Crippen LogP contribution in [0.2, 0.25) is 0 Å². The zero-order valence-electron chi connectivity index (χ0n) is 9.97. The first-order chi connectivity index (χ1) is 8.33. The molecule has 0 saturated carbocycles. The lowest BCUT2D eigenvalue weighted by Crippen LogP contribution is -2.07. The molecule has 0 fully saturated rings. The average Bonchev–Trinajstić information content (AvgIpc) is 2.85. The molecule has 0 aliphatic carbocycles. The van der Waals surface area contributed by atoms with Crippen molar-refractivity contribution < 1.29 is 5.11 Å². The van der Waals surface area contributed by atoms with Gasteiger partial charge in [0.2, 0.25) is 0 Å². The third kappa shape index (κ3) is 3.14. The molecule has 0 radical (unpaired) electrons. The van der Waals surface area contributed by atoms with Crippen LogP contribution >= 0.6 is 11.3 Å². The molecule has 2 rings (SSSR count). The van der Waals surface area contributed by atoms with Crippen molar-refractivity contribution in [2.24, 2.45) is 5.92 Å². The van der Waals surface area contributed by atoms with E-state index in [1.54, 1.807) is 11.3 Å². The Morgan fingerprint density at radius 1 is 1.29 bits per heavy atom. The maximum absolute atomic E-state index is 9.19. The second kappa shape index (κ2) is 5.94. The van der Waals surface area contributed by atoms with Crippen molar-refractivity contribution in [1.82, 2.24) is 4.98 Å². The van der Waals surface area contributed by atoms with Crippen LogP contribution in [0.5, 0.6) is 0 Å². The Balaban J connectivity index is 2.11. The third-order valence-corrected chi connectivity index (χ3v) is 3.79. The molecule has 1 atom stereocenters. The van der Waals surface area contributed by atoms with Gasteiger partial charge < -0.3 is 5.11 Å². The molecule has 17 heavy (non-hydrogen) atoms. The molecule has 1 aromatic carbocycles. The van der Waals surface area contributed by atoms with Crippen LogP contribution in [0, 0.1) is 5.92 Å². The maximum Gasteiger partial charge on any atom is 0.0936 e. The van der Waals surface area contributed by atoms with E-state index in [1.165, 1.54) is 0 Å². The normalized spacial score (nSPS) is 12.6. The van der Waals surface area contributed by atoms with Crippen LogP contribution in [0.1, 0.15) is 18.4 Å². The Bertz CT molecular complexity index is 448. The van der Waals surface area contributed by atoms with Gasteiger partial charge in [0.05, 0.1) is 10.7 Å². The van der Waals surface area contributed by atoms with Crippen molar-refractivity contribution >= 4 is 11.3 Å². The number of rotatable bonds is 5. The molecule has 1 heterocycles. The average molecular weight is 247 g/mol. The van der Waals surface area contributed by atoms with Gasteiger partial charge in [-0.25, -0.2) is 4.98 Å². The van der Waals surface area contributed by atoms with Gasteiger partial charge in [0, 0.05) is 24.0 Å². The van der Waals surface area contributed by atoms with Crippen molar-refractivity contribution in [1.29, 1.82) is 0 Å². The van der Waals surface area contributed by atoms with Gasteiger partial charge in [-0.2, -0.15) is 0 Å². The van der Waals surface area contributed by atoms with E-state index in [4.69, 9.17) is 0 Å². The van der Waals surface area contributed by atoms with Crippen molar-refractivity contribution in [3.8, 4) is 11.3 Å². The minimum atomic E-state index is 0.247. The monoisotopic (exact) mass is 247 g/mol. The van der Waals surface area contributed by atoms with E-state index in [1.807, 2.05) is 18.2 Å². The van der Waals surface area contributed by atoms with E-state index >= 15 is 0 Å². The number of aromatic nitrogens is 1. The minimum Gasteiger partial charge on any atom is -0.396 e. The summed E-state index contributed by atoms with van der Waals surface area (Å²) in [7, 11) is 0. The van der Waals surface area contributed by atoms with Gasteiger partial charge in [-0.1, -0.05) is 43.7 Å². The lowest BCUT2D eigenvalue weighted by atomic mass is 10.0. The first-order valence-electron chi connectivity index (χ1n) is 5.94. The van der Waals surface area contributed by atoms with E-state index in [2.05, 4.69) is 29.4 Å². The fourth-order valence-electron chi connectivity index (χ4n) is 1.73. The zero-order chi connectivity index (χ0) is 12.1. The quantitative estimate of drug-likeness (QED) is 0.878. The van der Waals surface area contributed by atoms with Crippen LogP contribution in [-0.4, -0.2) is 16.7 Å². The SMILES string of the molecule is CCC(CO)Cc1nc(-c2ccccc2)cs1. The number of aliphatic hydroxyl groups excluding tert-OH is 1. The summed E-state index contributed by atoms with van der Waals surface area (Å²) >= 11 is 1.68. The van der Waals surface area contributed by atoms with Crippen LogP contribution in [0.4, 0.5) is 0 Å². The molecule has 2 aromatic rings. The van der Waals surface area contributed by atoms with Gasteiger partial charge in [0.25, 0.3) is 0 Å². The lowest BCUT2D eigenvalue weighted by Gasteiger charge is -2.07. The van der Waals surface area contributed by atoms with Crippen LogP contribution in [0.25, 0.3) is 11.3 Å². The number of hydrogen-bond acceptors (Lipinski definition) is 3. The molecular formula is C14H17NOS. The van der Waals surface area contributed by atoms with E-state index in [0.29, 0.717) is 5.92 Å². The number of hydrogen-bond donors (Lipinski definition) is 1. The highest BCUT2D eigenvalue weighted by molar-refractivity contribution is 7.09. The summed E-state index contributed by atoms with van der Waals surface area (Å²) in [5.41, 5.74) is 2.20. The predicted octanol–water partition coefficient (Wildman–Crippen LogP) is 3.37. The van der Waals surface area contributed by atoms with Crippen molar-refractivity contribution in [2.45, 2.75) is 19.8 Å². The number of nitrogens with zero attached hydrogens (tertiary/aromatic N) is 1. The number of aliphatic hydroxyl groups is 1. The van der Waals surface area contributed by atoms with Gasteiger partial charge in [-0.05, 0) is 5.92 Å². The van der Waals surface area contributed by atoms with Crippen molar-refractivity contribution in [2.75, 3.05) is 6.61 Å². The highest BCUT2D eigenvalue weighted by Crippen LogP contribution is 2.23. The molecule has 2 nitrogen and oxygen atoms in total. The summed E-state index contributed by atoms with van der Waals surface area (Å²) in [4.78, 5) is 4.62. The molecule has 0 aliphatic heterocycles. The molecule has 90 valence electrons. The van der Waals surface area contributed by atoms with Gasteiger partial charge in [0.1, 0.15) is 0 Å². The standard InChI is InChI=1S/C14H17NOS/c1-2-11(9-16)8-14-15-13(10-17-14)12-6-4-3-5-7-12/h3-7,10-11,16H,2,8-9H2,1H3. The molecule has 1 unspecified atom stereocenters. The summed E-state index contributed by atoms with van der Waals surface area (Å²) in [6.07, 6.45) is 1.88.